The van der Waals surface area contributed by atoms with Gasteiger partial charge in [0.2, 0.25) is 9.84 Å². The molecule has 0 spiro atoms. The van der Waals surface area contributed by atoms with Crippen molar-refractivity contribution in [2.75, 3.05) is 0 Å². The summed E-state index contributed by atoms with van der Waals surface area (Å²) >= 11 is 12.0. The lowest BCUT2D eigenvalue weighted by Crippen LogP contribution is -2.29. The highest BCUT2D eigenvalue weighted by Crippen LogP contribution is 2.33. The lowest BCUT2D eigenvalue weighted by Gasteiger charge is -2.20. The molecule has 0 saturated carbocycles. The number of aliphatic hydroxyl groups excluding tert-OH is 1. The summed E-state index contributed by atoms with van der Waals surface area (Å²) in [4.78, 5) is 24.3. The fourth-order valence-electron chi connectivity index (χ4n) is 3.74. The van der Waals surface area contributed by atoms with Crippen LogP contribution in [0.15, 0.2) is 81.3 Å². The number of nitrogens with zero attached hydrogens (tertiary/aromatic N) is 3. The van der Waals surface area contributed by atoms with Gasteiger partial charge < -0.3 is 10.2 Å². The summed E-state index contributed by atoms with van der Waals surface area (Å²) in [7, 11) is -4.01. The quantitative estimate of drug-likeness (QED) is 0.339. The first-order valence-corrected chi connectivity index (χ1v) is 12.9. The molecule has 4 aromatic rings. The fourth-order valence-corrected chi connectivity index (χ4v) is 5.76. The Morgan fingerprint density at radius 2 is 1.69 bits per heavy atom. The number of benzene rings is 3. The van der Waals surface area contributed by atoms with Gasteiger partial charge in [-0.15, -0.1) is 5.10 Å². The van der Waals surface area contributed by atoms with Crippen molar-refractivity contribution in [2.24, 2.45) is 5.92 Å². The Morgan fingerprint density at radius 3 is 2.39 bits per heavy atom. The number of aliphatic hydroxyl groups is 1. The van der Waals surface area contributed by atoms with E-state index in [1.807, 2.05) is 0 Å². The van der Waals surface area contributed by atoms with E-state index in [1.54, 1.807) is 24.3 Å². The van der Waals surface area contributed by atoms with Gasteiger partial charge in [0, 0.05) is 6.54 Å². The summed E-state index contributed by atoms with van der Waals surface area (Å²) in [5.74, 6) is -2.58. The topological polar surface area (TPSA) is 139 Å². The number of aryl methyl sites for hydroxylation is 1. The average molecular weight is 548 g/mol. The third-order valence-electron chi connectivity index (χ3n) is 5.72. The Kier molecular flexibility index (Phi) is 7.41. The molecule has 0 aliphatic carbocycles. The van der Waals surface area contributed by atoms with Crippen LogP contribution >= 0.6 is 23.2 Å². The third-order valence-corrected chi connectivity index (χ3v) is 8.46. The molecule has 0 saturated heterocycles. The van der Waals surface area contributed by atoms with Crippen molar-refractivity contribution in [1.29, 1.82) is 0 Å². The highest BCUT2D eigenvalue weighted by Gasteiger charge is 2.29. The molecule has 4 rings (SSSR count). The molecule has 0 radical (unpaired) electrons. The highest BCUT2D eigenvalue weighted by molar-refractivity contribution is 7.91. The molecule has 1 aromatic heterocycles. The smallest absolute Gasteiger partial charge is 0.309 e. The predicted molar refractivity (Wildman–Crippen MR) is 133 cm³/mol. The van der Waals surface area contributed by atoms with E-state index >= 15 is 0 Å². The molecule has 0 bridgehead atoms. The number of carboxylic acids is 1. The maximum absolute atomic E-state index is 13.0. The van der Waals surface area contributed by atoms with Crippen LogP contribution in [0.25, 0.3) is 10.9 Å². The van der Waals surface area contributed by atoms with Gasteiger partial charge in [0.15, 0.2) is 0 Å². The minimum atomic E-state index is -4.01. The lowest BCUT2D eigenvalue weighted by molar-refractivity contribution is -0.146. The van der Waals surface area contributed by atoms with Crippen LogP contribution in [0.3, 0.4) is 0 Å². The van der Waals surface area contributed by atoms with Crippen molar-refractivity contribution in [3.05, 3.63) is 92.7 Å². The molecule has 0 fully saturated rings. The number of aliphatic carboxylic acids is 1. The molecule has 2 N–H and O–H groups in total. The summed E-state index contributed by atoms with van der Waals surface area (Å²) in [6, 6.07) is 16.1. The molecule has 186 valence electrons. The maximum atomic E-state index is 13.0. The zero-order valence-corrected chi connectivity index (χ0v) is 20.8. The van der Waals surface area contributed by atoms with Crippen molar-refractivity contribution in [1.82, 2.24) is 15.0 Å². The first-order valence-electron chi connectivity index (χ1n) is 10.6. The highest BCUT2D eigenvalue weighted by atomic mass is 35.5. The molecule has 9 nitrogen and oxygen atoms in total. The Bertz CT molecular complexity index is 1610. The Morgan fingerprint density at radius 1 is 1.00 bits per heavy atom. The average Bonchev–Trinajstić information content (AvgIpc) is 2.87. The number of aromatic nitrogens is 3. The molecular weight excluding hydrogens is 529 g/mol. The van der Waals surface area contributed by atoms with Crippen LogP contribution in [0.2, 0.25) is 10.0 Å². The van der Waals surface area contributed by atoms with E-state index in [0.717, 1.165) is 4.68 Å². The van der Waals surface area contributed by atoms with Gasteiger partial charge in [-0.05, 0) is 48.4 Å². The number of hydrogen-bond acceptors (Lipinski definition) is 7. The summed E-state index contributed by atoms with van der Waals surface area (Å²) in [6.45, 7) is -0.0928. The van der Waals surface area contributed by atoms with Crippen molar-refractivity contribution >= 4 is 49.9 Å². The predicted octanol–water partition coefficient (Wildman–Crippen LogP) is 3.76. The molecular formula is C24H19Cl2N3O6S. The molecule has 0 aliphatic rings. The van der Waals surface area contributed by atoms with Crippen molar-refractivity contribution in [3.63, 3.8) is 0 Å². The number of fused-ring (bicyclic) bond motifs is 1. The fraction of sp³-hybridized carbons (Fsp3) is 0.167. The molecule has 0 amide bonds. The number of hydrogen-bond donors (Lipinski definition) is 2. The van der Waals surface area contributed by atoms with Gasteiger partial charge in [0.05, 0.1) is 37.2 Å². The largest absolute Gasteiger partial charge is 0.481 e. The molecule has 2 atom stereocenters. The van der Waals surface area contributed by atoms with Gasteiger partial charge in [0.25, 0.3) is 5.56 Å². The van der Waals surface area contributed by atoms with E-state index in [9.17, 15) is 28.2 Å². The van der Waals surface area contributed by atoms with Gasteiger partial charge >= 0.3 is 5.97 Å². The Hall–Kier alpha value is -3.31. The first kappa shape index (κ1) is 25.8. The molecule has 2 unspecified atom stereocenters. The number of carbonyl (C=O) groups is 1. The van der Waals surface area contributed by atoms with Gasteiger partial charge in [-0.25, -0.2) is 13.1 Å². The minimum Gasteiger partial charge on any atom is -0.481 e. The SMILES string of the molecule is O=C(O)C(CCn1nnc2ccccc2c1=O)C(O)c1ccc(S(=O)(=O)c2cccc(Cl)c2Cl)cc1. The summed E-state index contributed by atoms with van der Waals surface area (Å²) < 4.78 is 27.0. The zero-order chi connectivity index (χ0) is 26.0. The van der Waals surface area contributed by atoms with Gasteiger partial charge in [0.1, 0.15) is 5.52 Å². The van der Waals surface area contributed by atoms with Crippen LogP contribution in [0.4, 0.5) is 0 Å². The molecule has 12 heteroatoms. The standard InChI is InChI=1S/C24H19Cl2N3O6S/c25-18-5-3-7-20(21(18)26)36(34,35)15-10-8-14(9-11-15)22(30)17(24(32)33)12-13-29-23(31)16-4-1-2-6-19(16)27-28-29/h1-11,17,22,30H,12-13H2,(H,32,33). The van der Waals surface area contributed by atoms with E-state index in [4.69, 9.17) is 23.2 Å². The second-order valence-electron chi connectivity index (χ2n) is 7.94. The maximum Gasteiger partial charge on any atom is 0.309 e. The van der Waals surface area contributed by atoms with Crippen LogP contribution in [0.1, 0.15) is 18.1 Å². The van der Waals surface area contributed by atoms with E-state index < -0.39 is 33.4 Å². The number of carboxylic acid groups (broad SMARTS) is 1. The van der Waals surface area contributed by atoms with Crippen LogP contribution < -0.4 is 5.56 Å². The number of rotatable bonds is 8. The Labute approximate surface area is 215 Å². The second-order valence-corrected chi connectivity index (χ2v) is 10.6. The van der Waals surface area contributed by atoms with Gasteiger partial charge in [-0.3, -0.25) is 9.59 Å². The normalized spacial score (nSPS) is 13.4. The van der Waals surface area contributed by atoms with Crippen molar-refractivity contribution in [2.45, 2.75) is 28.9 Å². The van der Waals surface area contributed by atoms with E-state index in [0.29, 0.717) is 10.9 Å². The van der Waals surface area contributed by atoms with Crippen LogP contribution in [-0.2, 0) is 21.2 Å². The van der Waals surface area contributed by atoms with Crippen molar-refractivity contribution in [3.8, 4) is 0 Å². The van der Waals surface area contributed by atoms with Crippen LogP contribution in [0.5, 0.6) is 0 Å². The third kappa shape index (κ3) is 4.98. The second kappa shape index (κ2) is 10.4. The summed E-state index contributed by atoms with van der Waals surface area (Å²) in [6.07, 6.45) is -1.60. The van der Waals surface area contributed by atoms with Crippen molar-refractivity contribution < 1.29 is 23.4 Å². The molecule has 36 heavy (non-hydrogen) atoms. The number of sulfone groups is 1. The molecule has 3 aromatic carbocycles. The lowest BCUT2D eigenvalue weighted by atomic mass is 9.93. The molecule has 1 heterocycles. The summed E-state index contributed by atoms with van der Waals surface area (Å²) in [5.41, 5.74) is 0.187. The van der Waals surface area contributed by atoms with Gasteiger partial charge in [-0.1, -0.05) is 58.7 Å². The minimum absolute atomic E-state index is 0.0873. The Balaban J connectivity index is 1.55. The number of halogens is 2. The van der Waals surface area contributed by atoms with Crippen LogP contribution in [-0.4, -0.2) is 39.6 Å². The van der Waals surface area contributed by atoms with Gasteiger partial charge in [-0.2, -0.15) is 0 Å². The van der Waals surface area contributed by atoms with Crippen LogP contribution in [0, 0.1) is 5.92 Å². The first-order chi connectivity index (χ1) is 17.1. The zero-order valence-electron chi connectivity index (χ0n) is 18.5. The monoisotopic (exact) mass is 547 g/mol. The van der Waals surface area contributed by atoms with E-state index in [-0.39, 0.29) is 38.4 Å². The van der Waals surface area contributed by atoms with E-state index in [2.05, 4.69) is 10.3 Å². The molecule has 0 aliphatic heterocycles. The summed E-state index contributed by atoms with van der Waals surface area (Å²) in [5, 5.41) is 28.6. The van der Waals surface area contributed by atoms with E-state index in [1.165, 1.54) is 42.5 Å².